The average Bonchev–Trinajstić information content (AvgIpc) is 2.45. The molecule has 0 saturated carbocycles. The number of para-hydroxylation sites is 1. The first-order valence-electron chi connectivity index (χ1n) is 6.35. The lowest BCUT2D eigenvalue weighted by atomic mass is 10.2. The Balaban J connectivity index is 2.25. The molecule has 0 aliphatic rings. The highest BCUT2D eigenvalue weighted by molar-refractivity contribution is 7.85. The molecule has 2 aromatic carbocycles. The van der Waals surface area contributed by atoms with E-state index >= 15 is 0 Å². The van der Waals surface area contributed by atoms with E-state index < -0.39 is 10.1 Å². The van der Waals surface area contributed by atoms with Crippen molar-refractivity contribution in [1.82, 2.24) is 0 Å². The van der Waals surface area contributed by atoms with E-state index in [4.69, 9.17) is 0 Å². The van der Waals surface area contributed by atoms with Crippen LogP contribution >= 0.6 is 0 Å². The molecule has 20 heavy (non-hydrogen) atoms. The summed E-state index contributed by atoms with van der Waals surface area (Å²) in [6.07, 6.45) is 0. The van der Waals surface area contributed by atoms with Crippen LogP contribution in [0.2, 0.25) is 0 Å². The second-order valence-corrected chi connectivity index (χ2v) is 5.83. The summed E-state index contributed by atoms with van der Waals surface area (Å²) in [4.78, 5) is 1.93. The predicted octanol–water partition coefficient (Wildman–Crippen LogP) is 2.62. The molecular formula is C15H16NO3S-. The van der Waals surface area contributed by atoms with Gasteiger partial charge in [-0.2, -0.15) is 0 Å². The van der Waals surface area contributed by atoms with Crippen LogP contribution < -0.4 is 4.90 Å². The second-order valence-electron chi connectivity index (χ2n) is 4.45. The van der Waals surface area contributed by atoms with Gasteiger partial charge >= 0.3 is 0 Å². The topological polar surface area (TPSA) is 60.4 Å². The van der Waals surface area contributed by atoms with Gasteiger partial charge in [0.25, 0.3) is 0 Å². The first kappa shape index (κ1) is 14.6. The molecule has 2 rings (SSSR count). The van der Waals surface area contributed by atoms with Gasteiger partial charge in [-0.25, -0.2) is 8.42 Å². The molecule has 4 nitrogen and oxygen atoms in total. The number of rotatable bonds is 5. The van der Waals surface area contributed by atoms with Crippen molar-refractivity contribution >= 4 is 15.8 Å². The zero-order chi connectivity index (χ0) is 14.6. The molecule has 0 amide bonds. The average molecular weight is 290 g/mol. The van der Waals surface area contributed by atoms with Gasteiger partial charge in [0.2, 0.25) is 0 Å². The van der Waals surface area contributed by atoms with Gasteiger partial charge in [0.1, 0.15) is 10.1 Å². The molecule has 0 N–H and O–H groups in total. The fourth-order valence-corrected chi connectivity index (χ4v) is 2.59. The molecule has 0 aromatic heterocycles. The van der Waals surface area contributed by atoms with E-state index in [1.165, 1.54) is 12.1 Å². The number of benzene rings is 2. The Hall–Kier alpha value is -1.85. The van der Waals surface area contributed by atoms with Gasteiger partial charge in [-0.05, 0) is 36.8 Å². The Kier molecular flexibility index (Phi) is 4.42. The summed E-state index contributed by atoms with van der Waals surface area (Å²) in [6.45, 7) is 3.38. The second kappa shape index (κ2) is 6.07. The monoisotopic (exact) mass is 290 g/mol. The van der Waals surface area contributed by atoms with Gasteiger partial charge < -0.3 is 9.45 Å². The fourth-order valence-electron chi connectivity index (χ4n) is 2.04. The van der Waals surface area contributed by atoms with E-state index in [-0.39, 0.29) is 4.90 Å². The molecular weight excluding hydrogens is 274 g/mol. The summed E-state index contributed by atoms with van der Waals surface area (Å²) in [5.74, 6) is 0. The van der Waals surface area contributed by atoms with Gasteiger partial charge in [-0.15, -0.1) is 0 Å². The van der Waals surface area contributed by atoms with Gasteiger partial charge in [0.05, 0.1) is 4.90 Å². The summed E-state index contributed by atoms with van der Waals surface area (Å²) in [7, 11) is -4.40. The first-order valence-corrected chi connectivity index (χ1v) is 7.76. The quantitative estimate of drug-likeness (QED) is 0.794. The van der Waals surface area contributed by atoms with E-state index in [0.29, 0.717) is 6.54 Å². The van der Waals surface area contributed by atoms with Crippen LogP contribution in [-0.4, -0.2) is 19.5 Å². The van der Waals surface area contributed by atoms with Crippen LogP contribution in [-0.2, 0) is 16.7 Å². The largest absolute Gasteiger partial charge is 0.744 e. The van der Waals surface area contributed by atoms with Crippen molar-refractivity contribution in [3.63, 3.8) is 0 Å². The van der Waals surface area contributed by atoms with Crippen LogP contribution in [0.25, 0.3) is 0 Å². The molecule has 0 aliphatic carbocycles. The molecule has 0 spiro atoms. The molecule has 0 unspecified atom stereocenters. The summed E-state index contributed by atoms with van der Waals surface area (Å²) in [6, 6.07) is 16.0. The van der Waals surface area contributed by atoms with Crippen LogP contribution in [0.5, 0.6) is 0 Å². The number of nitrogens with zero attached hydrogens (tertiary/aromatic N) is 1. The highest BCUT2D eigenvalue weighted by atomic mass is 32.2. The van der Waals surface area contributed by atoms with E-state index in [1.807, 2.05) is 43.3 Å². The predicted molar refractivity (Wildman–Crippen MR) is 77.6 cm³/mol. The van der Waals surface area contributed by atoms with Gasteiger partial charge in [0.15, 0.2) is 0 Å². The van der Waals surface area contributed by atoms with Gasteiger partial charge in [0, 0.05) is 18.8 Å². The maximum absolute atomic E-state index is 11.0. The lowest BCUT2D eigenvalue weighted by Crippen LogP contribution is -2.21. The van der Waals surface area contributed by atoms with Crippen molar-refractivity contribution in [1.29, 1.82) is 0 Å². The van der Waals surface area contributed by atoms with Crippen molar-refractivity contribution in [2.24, 2.45) is 0 Å². The number of hydrogen-bond donors (Lipinski definition) is 0. The lowest BCUT2D eigenvalue weighted by Gasteiger charge is -2.23. The zero-order valence-corrected chi connectivity index (χ0v) is 12.0. The SMILES string of the molecule is CCN(Cc1cccc(S(=O)(=O)[O-])c1)c1ccccc1. The van der Waals surface area contributed by atoms with Crippen LogP contribution in [0, 0.1) is 0 Å². The van der Waals surface area contributed by atoms with Crippen LogP contribution in [0.4, 0.5) is 5.69 Å². The molecule has 5 heteroatoms. The Morgan fingerprint density at radius 1 is 1.05 bits per heavy atom. The third-order valence-corrected chi connectivity index (χ3v) is 3.89. The van der Waals surface area contributed by atoms with E-state index in [9.17, 15) is 13.0 Å². The Labute approximate surface area is 119 Å². The molecule has 2 aromatic rings. The van der Waals surface area contributed by atoms with Gasteiger partial charge in [-0.3, -0.25) is 0 Å². The summed E-state index contributed by atoms with van der Waals surface area (Å²) < 4.78 is 33.1. The maximum Gasteiger partial charge on any atom is 0.124 e. The van der Waals surface area contributed by atoms with Crippen LogP contribution in [0.1, 0.15) is 12.5 Å². The maximum atomic E-state index is 11.0. The van der Waals surface area contributed by atoms with Crippen molar-refractivity contribution in [2.75, 3.05) is 11.4 Å². The van der Waals surface area contributed by atoms with Crippen LogP contribution in [0.3, 0.4) is 0 Å². The van der Waals surface area contributed by atoms with Gasteiger partial charge in [-0.1, -0.05) is 30.3 Å². The molecule has 0 heterocycles. The first-order chi connectivity index (χ1) is 9.50. The summed E-state index contributed by atoms with van der Waals surface area (Å²) in [5.41, 5.74) is 1.86. The van der Waals surface area contributed by atoms with Crippen molar-refractivity contribution in [3.8, 4) is 0 Å². The molecule has 106 valence electrons. The minimum absolute atomic E-state index is 0.181. The molecule has 0 bridgehead atoms. The minimum atomic E-state index is -4.40. The molecule has 0 atom stereocenters. The normalized spacial score (nSPS) is 11.3. The smallest absolute Gasteiger partial charge is 0.124 e. The molecule has 0 radical (unpaired) electrons. The third kappa shape index (κ3) is 3.59. The minimum Gasteiger partial charge on any atom is -0.744 e. The number of hydrogen-bond acceptors (Lipinski definition) is 4. The Morgan fingerprint density at radius 3 is 2.35 bits per heavy atom. The Morgan fingerprint density at radius 2 is 1.75 bits per heavy atom. The molecule has 0 saturated heterocycles. The van der Waals surface area contributed by atoms with Crippen molar-refractivity contribution in [2.45, 2.75) is 18.4 Å². The highest BCUT2D eigenvalue weighted by Crippen LogP contribution is 2.18. The number of anilines is 1. The Bertz CT molecular complexity index is 669. The third-order valence-electron chi connectivity index (χ3n) is 3.06. The summed E-state index contributed by atoms with van der Waals surface area (Å²) in [5, 5.41) is 0. The molecule has 0 aliphatic heterocycles. The summed E-state index contributed by atoms with van der Waals surface area (Å²) >= 11 is 0. The van der Waals surface area contributed by atoms with E-state index in [1.54, 1.807) is 6.07 Å². The highest BCUT2D eigenvalue weighted by Gasteiger charge is 2.07. The fraction of sp³-hybridized carbons (Fsp3) is 0.200. The molecule has 0 fully saturated rings. The van der Waals surface area contributed by atoms with Crippen LogP contribution in [0.15, 0.2) is 59.5 Å². The van der Waals surface area contributed by atoms with E-state index in [0.717, 1.165) is 17.8 Å². The van der Waals surface area contributed by atoms with Crippen molar-refractivity contribution < 1.29 is 13.0 Å². The zero-order valence-electron chi connectivity index (χ0n) is 11.2. The van der Waals surface area contributed by atoms with Crippen molar-refractivity contribution in [3.05, 3.63) is 60.2 Å². The lowest BCUT2D eigenvalue weighted by molar-refractivity contribution is 0.463. The van der Waals surface area contributed by atoms with E-state index in [2.05, 4.69) is 4.90 Å². The standard InChI is InChI=1S/C15H17NO3S/c1-2-16(14-8-4-3-5-9-14)12-13-7-6-10-15(11-13)20(17,18)19/h3-11H,2,12H2,1H3,(H,17,18,19)/p-1.